The first kappa shape index (κ1) is 12.4. The molecule has 0 aromatic heterocycles. The van der Waals surface area contributed by atoms with Crippen LogP contribution < -0.4 is 5.32 Å². The van der Waals surface area contributed by atoms with Gasteiger partial charge in [0.15, 0.2) is 0 Å². The SMILES string of the molecule is CCNC(C)c1ccc(F)cc1.Cl. The lowest BCUT2D eigenvalue weighted by molar-refractivity contribution is 0.592. The summed E-state index contributed by atoms with van der Waals surface area (Å²) in [4.78, 5) is 0. The van der Waals surface area contributed by atoms with Gasteiger partial charge in [-0.25, -0.2) is 4.39 Å². The van der Waals surface area contributed by atoms with E-state index in [9.17, 15) is 4.39 Å². The molecule has 3 heteroatoms. The third kappa shape index (κ3) is 3.75. The van der Waals surface area contributed by atoms with Crippen LogP contribution in [0.2, 0.25) is 0 Å². The molecule has 1 unspecified atom stereocenters. The van der Waals surface area contributed by atoms with Gasteiger partial charge in [-0.05, 0) is 31.2 Å². The maximum Gasteiger partial charge on any atom is 0.123 e. The third-order valence-corrected chi connectivity index (χ3v) is 1.88. The maximum absolute atomic E-state index is 12.5. The molecule has 1 N–H and O–H groups in total. The molecule has 0 saturated carbocycles. The molecule has 0 saturated heterocycles. The van der Waals surface area contributed by atoms with Gasteiger partial charge in [-0.2, -0.15) is 0 Å². The zero-order chi connectivity index (χ0) is 8.97. The first-order valence-corrected chi connectivity index (χ1v) is 4.23. The average Bonchev–Trinajstić information content (AvgIpc) is 2.06. The van der Waals surface area contributed by atoms with Crippen LogP contribution in [0.5, 0.6) is 0 Å². The van der Waals surface area contributed by atoms with E-state index in [1.54, 1.807) is 0 Å². The molecule has 0 aliphatic rings. The molecule has 0 aliphatic carbocycles. The van der Waals surface area contributed by atoms with Gasteiger partial charge in [0.1, 0.15) is 5.82 Å². The van der Waals surface area contributed by atoms with Gasteiger partial charge >= 0.3 is 0 Å². The van der Waals surface area contributed by atoms with E-state index in [1.807, 2.05) is 12.1 Å². The quantitative estimate of drug-likeness (QED) is 0.797. The standard InChI is InChI=1S/C10H14FN.ClH/c1-3-12-8(2)9-4-6-10(11)7-5-9;/h4-8,12H,3H2,1-2H3;1H. The van der Waals surface area contributed by atoms with Crippen LogP contribution in [0.1, 0.15) is 25.5 Å². The number of halogens is 2. The molecular weight excluding hydrogens is 189 g/mol. The molecule has 0 amide bonds. The highest BCUT2D eigenvalue weighted by molar-refractivity contribution is 5.85. The van der Waals surface area contributed by atoms with E-state index in [0.29, 0.717) is 6.04 Å². The van der Waals surface area contributed by atoms with Crippen LogP contribution in [0, 0.1) is 5.82 Å². The molecule has 13 heavy (non-hydrogen) atoms. The van der Waals surface area contributed by atoms with E-state index >= 15 is 0 Å². The van der Waals surface area contributed by atoms with Crippen molar-refractivity contribution in [1.29, 1.82) is 0 Å². The van der Waals surface area contributed by atoms with Crippen molar-refractivity contribution in [3.05, 3.63) is 35.6 Å². The van der Waals surface area contributed by atoms with Gasteiger partial charge in [0.2, 0.25) is 0 Å². The van der Waals surface area contributed by atoms with Gasteiger partial charge < -0.3 is 5.32 Å². The predicted molar refractivity (Wildman–Crippen MR) is 55.7 cm³/mol. The Balaban J connectivity index is 0.00000144. The van der Waals surface area contributed by atoms with Crippen LogP contribution in [0.3, 0.4) is 0 Å². The highest BCUT2D eigenvalue weighted by atomic mass is 35.5. The third-order valence-electron chi connectivity index (χ3n) is 1.88. The minimum Gasteiger partial charge on any atom is -0.310 e. The molecule has 1 aromatic rings. The van der Waals surface area contributed by atoms with Crippen LogP contribution in [0.25, 0.3) is 0 Å². The van der Waals surface area contributed by atoms with Crippen molar-refractivity contribution in [3.63, 3.8) is 0 Å². The molecule has 0 heterocycles. The van der Waals surface area contributed by atoms with Gasteiger partial charge in [0.05, 0.1) is 0 Å². The van der Waals surface area contributed by atoms with Crippen molar-refractivity contribution >= 4 is 12.4 Å². The van der Waals surface area contributed by atoms with Gasteiger partial charge in [-0.3, -0.25) is 0 Å². The van der Waals surface area contributed by atoms with Crippen molar-refractivity contribution < 1.29 is 4.39 Å². The largest absolute Gasteiger partial charge is 0.310 e. The molecular formula is C10H15ClFN. The summed E-state index contributed by atoms with van der Waals surface area (Å²) in [5, 5.41) is 3.26. The fourth-order valence-corrected chi connectivity index (χ4v) is 1.18. The van der Waals surface area contributed by atoms with Crippen molar-refractivity contribution in [2.45, 2.75) is 19.9 Å². The molecule has 0 aliphatic heterocycles. The number of hydrogen-bond acceptors (Lipinski definition) is 1. The predicted octanol–water partition coefficient (Wildman–Crippen LogP) is 2.92. The Morgan fingerprint density at radius 3 is 2.31 bits per heavy atom. The Bertz CT molecular complexity index is 235. The van der Waals surface area contributed by atoms with Crippen LogP contribution in [0.15, 0.2) is 24.3 Å². The molecule has 1 atom stereocenters. The van der Waals surface area contributed by atoms with Crippen LogP contribution in [-0.4, -0.2) is 6.54 Å². The molecule has 1 rings (SSSR count). The van der Waals surface area contributed by atoms with E-state index in [2.05, 4.69) is 19.2 Å². The van der Waals surface area contributed by atoms with Crippen LogP contribution in [0.4, 0.5) is 4.39 Å². The zero-order valence-electron chi connectivity index (χ0n) is 7.88. The molecule has 0 bridgehead atoms. The second-order valence-corrected chi connectivity index (χ2v) is 2.83. The zero-order valence-corrected chi connectivity index (χ0v) is 8.70. The maximum atomic E-state index is 12.5. The normalized spacial score (nSPS) is 11.9. The first-order chi connectivity index (χ1) is 5.74. The van der Waals surface area contributed by atoms with E-state index in [0.717, 1.165) is 12.1 Å². The summed E-state index contributed by atoms with van der Waals surface area (Å²) in [6.45, 7) is 5.05. The highest BCUT2D eigenvalue weighted by Gasteiger charge is 2.01. The lowest BCUT2D eigenvalue weighted by atomic mass is 10.1. The second-order valence-electron chi connectivity index (χ2n) is 2.83. The fourth-order valence-electron chi connectivity index (χ4n) is 1.18. The monoisotopic (exact) mass is 203 g/mol. The lowest BCUT2D eigenvalue weighted by Gasteiger charge is -2.11. The molecule has 0 radical (unpaired) electrons. The van der Waals surface area contributed by atoms with Crippen LogP contribution in [-0.2, 0) is 0 Å². The van der Waals surface area contributed by atoms with E-state index < -0.39 is 0 Å². The number of rotatable bonds is 3. The van der Waals surface area contributed by atoms with E-state index in [1.165, 1.54) is 12.1 Å². The molecule has 1 aromatic carbocycles. The Labute approximate surface area is 84.8 Å². The number of nitrogens with one attached hydrogen (secondary N) is 1. The fraction of sp³-hybridized carbons (Fsp3) is 0.400. The van der Waals surface area contributed by atoms with Gasteiger partial charge in [-0.1, -0.05) is 19.1 Å². The average molecular weight is 204 g/mol. The lowest BCUT2D eigenvalue weighted by Crippen LogP contribution is -2.17. The number of benzene rings is 1. The molecule has 0 fully saturated rings. The summed E-state index contributed by atoms with van der Waals surface area (Å²) in [7, 11) is 0. The van der Waals surface area contributed by atoms with Gasteiger partial charge in [0, 0.05) is 6.04 Å². The van der Waals surface area contributed by atoms with Crippen molar-refractivity contribution in [2.24, 2.45) is 0 Å². The summed E-state index contributed by atoms with van der Waals surface area (Å²) in [5.74, 6) is -0.178. The minimum atomic E-state index is -0.178. The summed E-state index contributed by atoms with van der Waals surface area (Å²) < 4.78 is 12.5. The Morgan fingerprint density at radius 2 is 1.85 bits per heavy atom. The smallest absolute Gasteiger partial charge is 0.123 e. The molecule has 0 spiro atoms. The van der Waals surface area contributed by atoms with E-state index in [4.69, 9.17) is 0 Å². The van der Waals surface area contributed by atoms with E-state index in [-0.39, 0.29) is 18.2 Å². The summed E-state index contributed by atoms with van der Waals surface area (Å²) >= 11 is 0. The van der Waals surface area contributed by atoms with Gasteiger partial charge in [0.25, 0.3) is 0 Å². The topological polar surface area (TPSA) is 12.0 Å². The van der Waals surface area contributed by atoms with Crippen LogP contribution >= 0.6 is 12.4 Å². The Morgan fingerprint density at radius 1 is 1.31 bits per heavy atom. The van der Waals surface area contributed by atoms with Crippen molar-refractivity contribution in [1.82, 2.24) is 5.32 Å². The Kier molecular flexibility index (Phi) is 5.67. The highest BCUT2D eigenvalue weighted by Crippen LogP contribution is 2.11. The second kappa shape index (κ2) is 5.95. The number of hydrogen-bond donors (Lipinski definition) is 1. The molecule has 74 valence electrons. The van der Waals surface area contributed by atoms with Crippen molar-refractivity contribution in [3.8, 4) is 0 Å². The van der Waals surface area contributed by atoms with Crippen molar-refractivity contribution in [2.75, 3.05) is 6.54 Å². The first-order valence-electron chi connectivity index (χ1n) is 4.23. The molecule has 1 nitrogen and oxygen atoms in total. The Hall–Kier alpha value is -0.600. The summed E-state index contributed by atoms with van der Waals surface area (Å²) in [5.41, 5.74) is 1.12. The summed E-state index contributed by atoms with van der Waals surface area (Å²) in [6.07, 6.45) is 0. The minimum absolute atomic E-state index is 0. The van der Waals surface area contributed by atoms with Gasteiger partial charge in [-0.15, -0.1) is 12.4 Å². The summed E-state index contributed by atoms with van der Waals surface area (Å²) in [6, 6.07) is 6.90.